The van der Waals surface area contributed by atoms with E-state index in [0.29, 0.717) is 163 Å². The highest BCUT2D eigenvalue weighted by Crippen LogP contribution is 2.34. The van der Waals surface area contributed by atoms with E-state index >= 15 is 0 Å². The molecule has 3 atom stereocenters. The Labute approximate surface area is 602 Å². The molecular weight excluding hydrogens is 1380 g/mol. The maximum atomic E-state index is 13.7. The average Bonchev–Trinajstić information content (AvgIpc) is 1.67. The number of unbranched alkanes of at least 4 members (excludes halogenated alkanes) is 1. The van der Waals surface area contributed by atoms with Gasteiger partial charge < -0.3 is 109 Å². The number of carbonyl (C=O) groups excluding carboxylic acids is 8. The van der Waals surface area contributed by atoms with Crippen LogP contribution in [0.1, 0.15) is 87.3 Å². The minimum atomic E-state index is -3.90. The fourth-order valence-corrected chi connectivity index (χ4v) is 10.2. The Hall–Kier alpha value is -7.04. The molecule has 2 aromatic rings. The number of aliphatic carboxylic acids is 1. The molecule has 1 saturated carbocycles. The van der Waals surface area contributed by atoms with Crippen molar-refractivity contribution in [2.45, 2.75) is 107 Å². The van der Waals surface area contributed by atoms with Gasteiger partial charge in [-0.25, -0.2) is 23.2 Å². The number of nitrogens with zero attached hydrogens (tertiary/aromatic N) is 3. The van der Waals surface area contributed by atoms with Crippen LogP contribution in [0.5, 0.6) is 0 Å². The zero-order chi connectivity index (χ0) is 74.8. The zero-order valence-corrected chi connectivity index (χ0v) is 60.7. The first-order valence-electron chi connectivity index (χ1n) is 34.8. The quantitative estimate of drug-likeness (QED) is 0.0211. The fraction of sp³-hybridized carbons (Fsp3) is 0.716. The third-order valence-electron chi connectivity index (χ3n) is 15.2. The number of hydrogen-bond donors (Lipinski definition) is 8. The van der Waals surface area contributed by atoms with Gasteiger partial charge in [-0.1, -0.05) is 30.3 Å². The highest BCUT2D eigenvalue weighted by atomic mass is 32.2. The van der Waals surface area contributed by atoms with Gasteiger partial charge in [0.25, 0.3) is 5.91 Å². The topological polar surface area (TPSA) is 441 Å². The van der Waals surface area contributed by atoms with Crippen molar-refractivity contribution in [2.24, 2.45) is 5.92 Å². The number of fused-ring (bicyclic) bond motifs is 1. The molecule has 103 heavy (non-hydrogen) atoms. The maximum absolute atomic E-state index is 13.7. The Morgan fingerprint density at radius 2 is 1.03 bits per heavy atom. The van der Waals surface area contributed by atoms with E-state index in [1.165, 1.54) is 25.7 Å². The summed E-state index contributed by atoms with van der Waals surface area (Å²) in [6.45, 7) is 12.4. The van der Waals surface area contributed by atoms with Crippen LogP contribution in [0.25, 0.3) is 0 Å². The smallest absolute Gasteiger partial charge is 0.333 e. The number of amides is 8. The van der Waals surface area contributed by atoms with Gasteiger partial charge in [-0.2, -0.15) is 0 Å². The van der Waals surface area contributed by atoms with Crippen LogP contribution >= 0.6 is 0 Å². The van der Waals surface area contributed by atoms with Crippen LogP contribution in [-0.4, -0.2) is 310 Å². The normalized spacial score (nSPS) is 13.9. The zero-order valence-electron chi connectivity index (χ0n) is 59.8. The lowest BCUT2D eigenvalue weighted by molar-refractivity contribution is -0.153. The van der Waals surface area contributed by atoms with Crippen LogP contribution in [0.2, 0.25) is 0 Å². The van der Waals surface area contributed by atoms with Crippen LogP contribution in [0, 0.1) is 5.92 Å². The van der Waals surface area contributed by atoms with Gasteiger partial charge in [0, 0.05) is 58.6 Å². The molecule has 1 aliphatic carbocycles. The molecule has 2 aliphatic rings. The van der Waals surface area contributed by atoms with Crippen molar-refractivity contribution >= 4 is 63.1 Å². The van der Waals surface area contributed by atoms with Crippen LogP contribution < -0.4 is 37.2 Å². The first kappa shape index (κ1) is 88.4. The SMILES string of the molecule is COCCOCCOCCOCCOCCOCCOCCOCCOCCOCCOCCOCCC(=O)NCCCC[C@H](NC(=O)CCN1CCc2nc(S(=O)(=O)C(C)(C)C)ncc2C1=O)C(=O)NCC(=O)NCC(=O)N[C@@H](Cc1ccccc1)C(=O)NCC(=O)NCO[C@H](C(=O)O)C1CC1. The van der Waals surface area contributed by atoms with E-state index in [-0.39, 0.29) is 99.8 Å². The summed E-state index contributed by atoms with van der Waals surface area (Å²) in [4.78, 5) is 126. The average molecular weight is 1490 g/mol. The van der Waals surface area contributed by atoms with Crippen LogP contribution in [-0.2, 0) is 123 Å². The summed E-state index contributed by atoms with van der Waals surface area (Å²) < 4.78 is 95.4. The van der Waals surface area contributed by atoms with Gasteiger partial charge >= 0.3 is 5.97 Å². The number of sulfone groups is 1. The molecule has 36 heteroatoms. The number of hydrogen-bond acceptors (Lipinski definition) is 26. The first-order chi connectivity index (χ1) is 49.7. The van der Waals surface area contributed by atoms with E-state index in [1.54, 1.807) is 37.4 Å². The lowest BCUT2D eigenvalue weighted by Gasteiger charge is -2.28. The number of carboxylic acid groups (broad SMARTS) is 1. The number of ether oxygens (including phenoxy) is 13. The number of benzene rings is 1. The van der Waals surface area contributed by atoms with E-state index < -0.39 is 106 Å². The van der Waals surface area contributed by atoms with Crippen molar-refractivity contribution in [3.63, 3.8) is 0 Å². The molecule has 0 unspecified atom stereocenters. The molecule has 0 bridgehead atoms. The summed E-state index contributed by atoms with van der Waals surface area (Å²) in [5.74, 6) is -6.42. The Morgan fingerprint density at radius 3 is 1.51 bits per heavy atom. The molecule has 0 radical (unpaired) electrons. The van der Waals surface area contributed by atoms with E-state index in [4.69, 9.17) is 61.6 Å². The number of nitrogens with one attached hydrogen (secondary N) is 7. The molecule has 1 aliphatic heterocycles. The molecule has 582 valence electrons. The molecule has 4 rings (SSSR count). The Bertz CT molecular complexity index is 2930. The van der Waals surface area contributed by atoms with Crippen LogP contribution in [0.15, 0.2) is 41.7 Å². The Morgan fingerprint density at radius 1 is 0.563 bits per heavy atom. The summed E-state index contributed by atoms with van der Waals surface area (Å²) in [7, 11) is -2.27. The van der Waals surface area contributed by atoms with E-state index in [9.17, 15) is 56.7 Å². The summed E-state index contributed by atoms with van der Waals surface area (Å²) >= 11 is 0. The van der Waals surface area contributed by atoms with Gasteiger partial charge in [0.2, 0.25) is 56.3 Å². The van der Waals surface area contributed by atoms with Crippen molar-refractivity contribution < 1.29 is 118 Å². The van der Waals surface area contributed by atoms with Gasteiger partial charge in [-0.15, -0.1) is 0 Å². The number of aromatic nitrogens is 2. The van der Waals surface area contributed by atoms with Crippen molar-refractivity contribution in [1.29, 1.82) is 0 Å². The van der Waals surface area contributed by atoms with E-state index in [2.05, 4.69) is 47.2 Å². The molecule has 0 spiro atoms. The summed E-state index contributed by atoms with van der Waals surface area (Å²) in [6, 6.07) is 6.27. The molecule has 8 N–H and O–H groups in total. The van der Waals surface area contributed by atoms with E-state index in [1.807, 2.05) is 0 Å². The number of methoxy groups -OCH3 is 1. The second kappa shape index (κ2) is 52.8. The van der Waals surface area contributed by atoms with Crippen molar-refractivity contribution in [3.8, 4) is 0 Å². The standard InChI is InChI=1S/C67H108N10O25S/c1-67(2,3)103(88,89)66-72-45-52-53(76-66)15-19-77(64(52)85)20-16-57(79)74-54(62(83)70-46-58(80)69-48-60(82)75-55(44-50-10-6-5-7-11-50)63(84)71-47-59(81)73-49-102-61(65(86)87)51-13-14-51)12-8-9-18-68-56(78)17-21-91-24-25-93-28-29-95-32-33-97-36-37-99-40-41-101-43-42-100-39-38-98-35-34-96-31-30-94-27-26-92-23-22-90-4/h5-7,10-11,45,51,54-55,61H,8-9,12-44,46-49H2,1-4H3,(H,68,78)(H,69,80)(H,70,83)(H,71,84)(H,73,81)(H,74,79)(H,75,82)(H,86,87)/t54-,55-,61-/m0/s1. The molecule has 2 heterocycles. The van der Waals surface area contributed by atoms with Gasteiger partial charge in [-0.3, -0.25) is 38.4 Å². The maximum Gasteiger partial charge on any atom is 0.333 e. The van der Waals surface area contributed by atoms with Crippen molar-refractivity contribution in [1.82, 2.24) is 52.1 Å². The fourth-order valence-electron chi connectivity index (χ4n) is 9.28. The molecular formula is C67H108N10O25S. The number of carbonyl (C=O) groups is 9. The Balaban J connectivity index is 1.07. The van der Waals surface area contributed by atoms with Crippen LogP contribution in [0.4, 0.5) is 0 Å². The molecule has 1 aromatic heterocycles. The van der Waals surface area contributed by atoms with Crippen molar-refractivity contribution in [2.75, 3.05) is 205 Å². The number of rotatable bonds is 62. The van der Waals surface area contributed by atoms with Gasteiger partial charge in [0.1, 0.15) is 18.8 Å². The van der Waals surface area contributed by atoms with Crippen LogP contribution in [0.3, 0.4) is 0 Å². The monoisotopic (exact) mass is 1480 g/mol. The minimum absolute atomic E-state index is 0.00232. The lowest BCUT2D eigenvalue weighted by Crippen LogP contribution is -2.53. The molecule has 8 amide bonds. The predicted molar refractivity (Wildman–Crippen MR) is 367 cm³/mol. The predicted octanol–water partition coefficient (Wildman–Crippen LogP) is -1.54. The molecule has 35 nitrogen and oxygen atoms in total. The molecule has 1 fully saturated rings. The summed E-state index contributed by atoms with van der Waals surface area (Å²) in [5.41, 5.74) is 1.02. The summed E-state index contributed by atoms with van der Waals surface area (Å²) in [5, 5.41) is 26.7. The minimum Gasteiger partial charge on any atom is -0.479 e. The molecule has 0 saturated heterocycles. The van der Waals surface area contributed by atoms with Gasteiger partial charge in [0.15, 0.2) is 6.10 Å². The van der Waals surface area contributed by atoms with E-state index in [0.717, 1.165) is 6.20 Å². The van der Waals surface area contributed by atoms with Gasteiger partial charge in [0.05, 0.1) is 188 Å². The highest BCUT2D eigenvalue weighted by molar-refractivity contribution is 7.92. The largest absolute Gasteiger partial charge is 0.479 e. The lowest BCUT2D eigenvalue weighted by atomic mass is 10.1. The van der Waals surface area contributed by atoms with Crippen molar-refractivity contribution in [3.05, 3.63) is 53.3 Å². The third kappa shape index (κ3) is 39.6. The molecule has 1 aromatic carbocycles. The second-order valence-electron chi connectivity index (χ2n) is 24.4. The first-order valence-corrected chi connectivity index (χ1v) is 36.2. The highest BCUT2D eigenvalue weighted by Gasteiger charge is 2.38. The number of carboxylic acids is 1. The summed E-state index contributed by atoms with van der Waals surface area (Å²) in [6.07, 6.45) is 2.30. The second-order valence-corrected chi connectivity index (χ2v) is 27.0. The Kier molecular flexibility index (Phi) is 45.3. The third-order valence-corrected chi connectivity index (χ3v) is 17.5. The van der Waals surface area contributed by atoms with Gasteiger partial charge in [-0.05, 0) is 64.4 Å².